The monoisotopic (exact) mass is 380 g/mol. The molecular formula is C21H28N6O. The fourth-order valence-electron chi connectivity index (χ4n) is 4.08. The summed E-state index contributed by atoms with van der Waals surface area (Å²) in [6.45, 7) is 5.77. The molecule has 0 saturated carbocycles. The number of aryl methyl sites for hydroxylation is 1. The van der Waals surface area contributed by atoms with Crippen molar-refractivity contribution < 1.29 is 4.79 Å². The molecule has 1 aromatic carbocycles. The highest BCUT2D eigenvalue weighted by Crippen LogP contribution is 2.22. The summed E-state index contributed by atoms with van der Waals surface area (Å²) in [7, 11) is 0. The molecule has 1 aromatic heterocycles. The van der Waals surface area contributed by atoms with Gasteiger partial charge >= 0.3 is 0 Å². The smallest absolute Gasteiger partial charge is 0.251 e. The Morgan fingerprint density at radius 1 is 1.07 bits per heavy atom. The second kappa shape index (κ2) is 8.04. The number of nitrogens with two attached hydrogens (primary N) is 1. The Morgan fingerprint density at radius 2 is 1.82 bits per heavy atom. The first-order valence-electron chi connectivity index (χ1n) is 10.1. The van der Waals surface area contributed by atoms with Gasteiger partial charge in [-0.3, -0.25) is 4.79 Å². The molecule has 0 aliphatic carbocycles. The summed E-state index contributed by atoms with van der Waals surface area (Å²) in [6, 6.07) is 10.1. The van der Waals surface area contributed by atoms with Crippen LogP contribution in [0, 0.1) is 6.92 Å². The lowest BCUT2D eigenvalue weighted by Crippen LogP contribution is -2.45. The van der Waals surface area contributed by atoms with Gasteiger partial charge in [0.15, 0.2) is 0 Å². The number of amides is 1. The van der Waals surface area contributed by atoms with E-state index in [0.29, 0.717) is 5.95 Å². The summed E-state index contributed by atoms with van der Waals surface area (Å²) >= 11 is 0. The van der Waals surface area contributed by atoms with Crippen molar-refractivity contribution in [3.8, 4) is 0 Å². The molecule has 0 unspecified atom stereocenters. The van der Waals surface area contributed by atoms with Gasteiger partial charge in [-0.15, -0.1) is 0 Å². The van der Waals surface area contributed by atoms with Crippen LogP contribution in [0.3, 0.4) is 0 Å². The third kappa shape index (κ3) is 4.18. The second-order valence-corrected chi connectivity index (χ2v) is 7.70. The molecule has 0 bridgehead atoms. The average Bonchev–Trinajstić information content (AvgIpc) is 3.23. The number of hydrogen-bond donors (Lipinski definition) is 2. The van der Waals surface area contributed by atoms with Crippen molar-refractivity contribution in [2.24, 2.45) is 0 Å². The maximum atomic E-state index is 12.7. The first-order valence-corrected chi connectivity index (χ1v) is 10.1. The number of rotatable bonds is 4. The van der Waals surface area contributed by atoms with Crippen LogP contribution in [0.4, 0.5) is 17.5 Å². The van der Waals surface area contributed by atoms with Crippen LogP contribution < -0.4 is 20.9 Å². The van der Waals surface area contributed by atoms with Gasteiger partial charge in [0, 0.05) is 55.2 Å². The van der Waals surface area contributed by atoms with E-state index in [1.165, 1.54) is 12.8 Å². The fraction of sp³-hybridized carbons (Fsp3) is 0.476. The van der Waals surface area contributed by atoms with Crippen LogP contribution in [0.1, 0.15) is 41.7 Å². The van der Waals surface area contributed by atoms with Crippen molar-refractivity contribution in [3.05, 3.63) is 41.6 Å². The van der Waals surface area contributed by atoms with Crippen LogP contribution in [-0.2, 0) is 0 Å². The van der Waals surface area contributed by atoms with Crippen LogP contribution >= 0.6 is 0 Å². The molecular weight excluding hydrogens is 352 g/mol. The van der Waals surface area contributed by atoms with E-state index >= 15 is 0 Å². The molecule has 2 aromatic rings. The first kappa shape index (κ1) is 18.5. The molecule has 2 aliphatic rings. The Hall–Kier alpha value is -2.83. The predicted molar refractivity (Wildman–Crippen MR) is 112 cm³/mol. The van der Waals surface area contributed by atoms with Crippen LogP contribution in [0.25, 0.3) is 0 Å². The van der Waals surface area contributed by atoms with E-state index in [1.807, 2.05) is 31.2 Å². The van der Waals surface area contributed by atoms with Crippen molar-refractivity contribution in [2.45, 2.75) is 38.6 Å². The quantitative estimate of drug-likeness (QED) is 0.847. The number of carbonyl (C=O) groups is 1. The van der Waals surface area contributed by atoms with E-state index in [-0.39, 0.29) is 11.9 Å². The van der Waals surface area contributed by atoms with Gasteiger partial charge in [-0.1, -0.05) is 6.07 Å². The Balaban J connectivity index is 1.34. The maximum absolute atomic E-state index is 12.7. The van der Waals surface area contributed by atoms with Crippen LogP contribution in [0.2, 0.25) is 0 Å². The van der Waals surface area contributed by atoms with Crippen LogP contribution in [0.15, 0.2) is 30.3 Å². The van der Waals surface area contributed by atoms with Crippen molar-refractivity contribution in [2.75, 3.05) is 41.7 Å². The number of anilines is 3. The molecule has 0 spiro atoms. The Kier molecular flexibility index (Phi) is 5.32. The molecule has 3 heterocycles. The predicted octanol–water partition coefficient (Wildman–Crippen LogP) is 2.37. The minimum atomic E-state index is 0.0154. The molecule has 0 atom stereocenters. The number of hydrogen-bond acceptors (Lipinski definition) is 6. The summed E-state index contributed by atoms with van der Waals surface area (Å²) in [5.74, 6) is 1.19. The highest BCUT2D eigenvalue weighted by atomic mass is 16.1. The number of nitrogens with one attached hydrogen (secondary N) is 1. The fourth-order valence-corrected chi connectivity index (χ4v) is 4.08. The van der Waals surface area contributed by atoms with Gasteiger partial charge in [0.05, 0.1) is 0 Å². The van der Waals surface area contributed by atoms with Crippen molar-refractivity contribution >= 4 is 23.4 Å². The molecule has 0 radical (unpaired) electrons. The lowest BCUT2D eigenvalue weighted by molar-refractivity contribution is 0.0931. The summed E-state index contributed by atoms with van der Waals surface area (Å²) in [6.07, 6.45) is 4.24. The van der Waals surface area contributed by atoms with Gasteiger partial charge in [0.2, 0.25) is 5.95 Å². The van der Waals surface area contributed by atoms with E-state index in [9.17, 15) is 4.79 Å². The highest BCUT2D eigenvalue weighted by Gasteiger charge is 2.23. The molecule has 7 heteroatoms. The summed E-state index contributed by atoms with van der Waals surface area (Å²) < 4.78 is 0. The Bertz CT molecular complexity index is 820. The second-order valence-electron chi connectivity index (χ2n) is 7.70. The summed E-state index contributed by atoms with van der Waals surface area (Å²) in [5.41, 5.74) is 8.53. The molecule has 2 saturated heterocycles. The Morgan fingerprint density at radius 3 is 2.54 bits per heavy atom. The normalized spacial score (nSPS) is 17.8. The highest BCUT2D eigenvalue weighted by molar-refractivity contribution is 5.95. The SMILES string of the molecule is Cc1cc(N2CCC(NC(=O)c3cccc(N4CCCC4)c3)CC2)nc(N)n1. The van der Waals surface area contributed by atoms with E-state index in [1.54, 1.807) is 0 Å². The van der Waals surface area contributed by atoms with Gasteiger partial charge in [0.25, 0.3) is 5.91 Å². The van der Waals surface area contributed by atoms with Gasteiger partial charge in [-0.25, -0.2) is 4.98 Å². The van der Waals surface area contributed by atoms with Crippen molar-refractivity contribution in [3.63, 3.8) is 0 Å². The third-order valence-electron chi connectivity index (χ3n) is 5.59. The zero-order chi connectivity index (χ0) is 19.5. The zero-order valence-electron chi connectivity index (χ0n) is 16.4. The molecule has 28 heavy (non-hydrogen) atoms. The standard InChI is InChI=1S/C21H28N6O/c1-15-13-19(25-21(22)23-15)27-11-7-17(8-12-27)24-20(28)16-5-4-6-18(14-16)26-9-2-3-10-26/h4-6,13-14,17H,2-3,7-12H2,1H3,(H,24,28)(H2,22,23,25). The lowest BCUT2D eigenvalue weighted by Gasteiger charge is -2.33. The summed E-state index contributed by atoms with van der Waals surface area (Å²) in [5, 5.41) is 3.21. The minimum absolute atomic E-state index is 0.0154. The van der Waals surface area contributed by atoms with Gasteiger partial charge in [-0.05, 0) is 50.8 Å². The molecule has 3 N–H and O–H groups in total. The minimum Gasteiger partial charge on any atom is -0.372 e. The molecule has 1 amide bonds. The van der Waals surface area contributed by atoms with Crippen molar-refractivity contribution in [1.82, 2.24) is 15.3 Å². The van der Waals surface area contributed by atoms with E-state index in [4.69, 9.17) is 5.73 Å². The number of nitrogens with zero attached hydrogens (tertiary/aromatic N) is 4. The number of aromatic nitrogens is 2. The maximum Gasteiger partial charge on any atom is 0.251 e. The molecule has 4 rings (SSSR count). The first-order chi connectivity index (χ1) is 13.6. The number of nitrogen functional groups attached to an aromatic ring is 1. The number of benzene rings is 1. The van der Waals surface area contributed by atoms with Crippen molar-refractivity contribution in [1.29, 1.82) is 0 Å². The molecule has 2 aliphatic heterocycles. The topological polar surface area (TPSA) is 87.4 Å². The van der Waals surface area contributed by atoms with E-state index < -0.39 is 0 Å². The van der Waals surface area contributed by atoms with E-state index in [2.05, 4.69) is 31.2 Å². The van der Waals surface area contributed by atoms with Gasteiger partial charge in [-0.2, -0.15) is 4.98 Å². The molecule has 2 fully saturated rings. The lowest BCUT2D eigenvalue weighted by atomic mass is 10.0. The van der Waals surface area contributed by atoms with Crippen LogP contribution in [0.5, 0.6) is 0 Å². The summed E-state index contributed by atoms with van der Waals surface area (Å²) in [4.78, 5) is 25.8. The Labute approximate surface area is 166 Å². The molecule has 7 nitrogen and oxygen atoms in total. The van der Waals surface area contributed by atoms with E-state index in [0.717, 1.165) is 61.8 Å². The largest absolute Gasteiger partial charge is 0.372 e. The third-order valence-corrected chi connectivity index (χ3v) is 5.59. The zero-order valence-corrected chi connectivity index (χ0v) is 16.4. The number of carbonyl (C=O) groups excluding carboxylic acids is 1. The van der Waals surface area contributed by atoms with Crippen LogP contribution in [-0.4, -0.2) is 48.1 Å². The molecule has 148 valence electrons. The van der Waals surface area contributed by atoms with Gasteiger partial charge in [0.1, 0.15) is 5.82 Å². The van der Waals surface area contributed by atoms with Gasteiger partial charge < -0.3 is 20.9 Å². The number of piperidine rings is 1. The average molecular weight is 380 g/mol.